The van der Waals surface area contributed by atoms with Crippen molar-refractivity contribution in [1.82, 2.24) is 14.8 Å². The predicted molar refractivity (Wildman–Crippen MR) is 77.1 cm³/mol. The van der Waals surface area contributed by atoms with Crippen LogP contribution in [0, 0.1) is 3.70 Å². The van der Waals surface area contributed by atoms with Crippen molar-refractivity contribution in [3.05, 3.63) is 22.2 Å². The summed E-state index contributed by atoms with van der Waals surface area (Å²) >= 11 is 2.17. The van der Waals surface area contributed by atoms with Gasteiger partial charge in [-0.05, 0) is 49.4 Å². The highest BCUT2D eigenvalue weighted by Gasteiger charge is 2.18. The van der Waals surface area contributed by atoms with Gasteiger partial charge in [0.15, 0.2) is 6.29 Å². The molecule has 0 radical (unpaired) electrons. The van der Waals surface area contributed by atoms with Crippen LogP contribution < -0.4 is 0 Å². The molecule has 2 aromatic rings. The number of fused-ring (bicyclic) bond motifs is 1. The molecule has 0 aromatic carbocycles. The molecule has 0 aliphatic heterocycles. The van der Waals surface area contributed by atoms with Gasteiger partial charge in [-0.2, -0.15) is 5.10 Å². The zero-order valence-electron chi connectivity index (χ0n) is 10.6. The maximum atomic E-state index is 9.90. The Bertz CT molecular complexity index is 548. The number of rotatable bonds is 3. The molecule has 0 saturated heterocycles. The standard InChI is InChI=1S/C12H16IN3O2/c1-12(2,3)18-10(17)7-16-9-6-14-5-4-8(9)11(13)15-16/h4-6,10,17H,7H2,1-3H3. The minimum absolute atomic E-state index is 0.294. The van der Waals surface area contributed by atoms with Crippen LogP contribution in [0.4, 0.5) is 0 Å². The average Bonchev–Trinajstić information content (AvgIpc) is 2.54. The summed E-state index contributed by atoms with van der Waals surface area (Å²) in [5, 5.41) is 15.3. The number of ether oxygens (including phenoxy) is 1. The van der Waals surface area contributed by atoms with E-state index in [1.165, 1.54) is 0 Å². The minimum atomic E-state index is -0.885. The largest absolute Gasteiger partial charge is 0.366 e. The van der Waals surface area contributed by atoms with Gasteiger partial charge >= 0.3 is 0 Å². The highest BCUT2D eigenvalue weighted by atomic mass is 127. The van der Waals surface area contributed by atoms with Gasteiger partial charge in [-0.1, -0.05) is 0 Å². The molecule has 1 N–H and O–H groups in total. The lowest BCUT2D eigenvalue weighted by Crippen LogP contribution is -2.30. The Morgan fingerprint density at radius 2 is 2.22 bits per heavy atom. The maximum absolute atomic E-state index is 9.90. The lowest BCUT2D eigenvalue weighted by Gasteiger charge is -2.23. The van der Waals surface area contributed by atoms with Gasteiger partial charge in [-0.3, -0.25) is 9.67 Å². The zero-order chi connectivity index (χ0) is 13.3. The zero-order valence-corrected chi connectivity index (χ0v) is 12.7. The number of aliphatic hydroxyl groups is 1. The van der Waals surface area contributed by atoms with Gasteiger partial charge in [0.1, 0.15) is 3.70 Å². The van der Waals surface area contributed by atoms with Gasteiger partial charge in [-0.15, -0.1) is 0 Å². The van der Waals surface area contributed by atoms with E-state index < -0.39 is 6.29 Å². The summed E-state index contributed by atoms with van der Waals surface area (Å²) in [6.07, 6.45) is 2.59. The molecule has 18 heavy (non-hydrogen) atoms. The van der Waals surface area contributed by atoms with Crippen molar-refractivity contribution in [3.8, 4) is 0 Å². The normalized spacial score (nSPS) is 14.1. The summed E-state index contributed by atoms with van der Waals surface area (Å²) < 4.78 is 8.09. The van der Waals surface area contributed by atoms with Crippen LogP contribution in [0.15, 0.2) is 18.5 Å². The first-order chi connectivity index (χ1) is 8.37. The molecule has 6 heteroatoms. The highest BCUT2D eigenvalue weighted by molar-refractivity contribution is 14.1. The Hall–Kier alpha value is -0.730. The van der Waals surface area contributed by atoms with Crippen molar-refractivity contribution < 1.29 is 9.84 Å². The fourth-order valence-electron chi connectivity index (χ4n) is 1.71. The number of hydrogen-bond acceptors (Lipinski definition) is 4. The van der Waals surface area contributed by atoms with E-state index in [0.717, 1.165) is 14.6 Å². The third-order valence-corrected chi connectivity index (χ3v) is 3.12. The number of pyridine rings is 1. The fraction of sp³-hybridized carbons (Fsp3) is 0.500. The van der Waals surface area contributed by atoms with Crippen LogP contribution in [0.2, 0.25) is 0 Å². The molecule has 0 amide bonds. The number of aromatic nitrogens is 3. The molecule has 1 unspecified atom stereocenters. The Morgan fingerprint density at radius 1 is 1.50 bits per heavy atom. The second kappa shape index (κ2) is 5.10. The topological polar surface area (TPSA) is 60.2 Å². The molecule has 0 saturated carbocycles. The summed E-state index contributed by atoms with van der Waals surface area (Å²) in [4.78, 5) is 4.08. The minimum Gasteiger partial charge on any atom is -0.366 e. The third kappa shape index (κ3) is 3.18. The molecule has 0 aliphatic carbocycles. The predicted octanol–water partition coefficient (Wildman–Crippen LogP) is 2.17. The first-order valence-corrected chi connectivity index (χ1v) is 6.76. The molecular weight excluding hydrogens is 345 g/mol. The summed E-state index contributed by atoms with van der Waals surface area (Å²) in [6, 6.07) is 1.91. The Labute approximate surface area is 119 Å². The van der Waals surface area contributed by atoms with Crippen LogP contribution in [0.5, 0.6) is 0 Å². The van der Waals surface area contributed by atoms with Gasteiger partial charge in [0.25, 0.3) is 0 Å². The van der Waals surface area contributed by atoms with Crippen molar-refractivity contribution in [2.75, 3.05) is 0 Å². The molecular formula is C12H16IN3O2. The second-order valence-corrected chi connectivity index (χ2v) is 6.07. The van der Waals surface area contributed by atoms with E-state index in [-0.39, 0.29) is 5.60 Å². The lowest BCUT2D eigenvalue weighted by atomic mass is 10.2. The molecule has 2 rings (SSSR count). The monoisotopic (exact) mass is 361 g/mol. The average molecular weight is 361 g/mol. The smallest absolute Gasteiger partial charge is 0.174 e. The number of halogens is 1. The SMILES string of the molecule is CC(C)(C)OC(O)Cn1nc(I)c2ccncc21. The molecule has 0 aliphatic rings. The third-order valence-electron chi connectivity index (χ3n) is 2.33. The fourth-order valence-corrected chi connectivity index (χ4v) is 2.43. The molecule has 0 fully saturated rings. The summed E-state index contributed by atoms with van der Waals surface area (Å²) in [5.41, 5.74) is 0.520. The second-order valence-electron chi connectivity index (χ2n) is 5.05. The lowest BCUT2D eigenvalue weighted by molar-refractivity contribution is -0.172. The number of nitrogens with zero attached hydrogens (tertiary/aromatic N) is 3. The van der Waals surface area contributed by atoms with Gasteiger partial charge in [0.05, 0.1) is 23.9 Å². The molecule has 2 heterocycles. The van der Waals surface area contributed by atoms with Crippen molar-refractivity contribution in [1.29, 1.82) is 0 Å². The first-order valence-electron chi connectivity index (χ1n) is 5.69. The van der Waals surface area contributed by atoms with E-state index in [1.807, 2.05) is 26.8 Å². The van der Waals surface area contributed by atoms with Crippen LogP contribution >= 0.6 is 22.6 Å². The van der Waals surface area contributed by atoms with E-state index in [9.17, 15) is 5.11 Å². The molecule has 0 spiro atoms. The number of aliphatic hydroxyl groups excluding tert-OH is 1. The summed E-state index contributed by atoms with van der Waals surface area (Å²) in [5.74, 6) is 0. The van der Waals surface area contributed by atoms with Gasteiger partial charge in [0.2, 0.25) is 0 Å². The molecule has 98 valence electrons. The van der Waals surface area contributed by atoms with Crippen LogP contribution in [0.1, 0.15) is 20.8 Å². The highest BCUT2D eigenvalue weighted by Crippen LogP contribution is 2.20. The summed E-state index contributed by atoms with van der Waals surface area (Å²) in [7, 11) is 0. The van der Waals surface area contributed by atoms with Gasteiger partial charge < -0.3 is 9.84 Å². The van der Waals surface area contributed by atoms with E-state index in [4.69, 9.17) is 4.74 Å². The molecule has 1 atom stereocenters. The van der Waals surface area contributed by atoms with E-state index in [2.05, 4.69) is 32.7 Å². The summed E-state index contributed by atoms with van der Waals surface area (Å²) in [6.45, 7) is 6.01. The van der Waals surface area contributed by atoms with Crippen LogP contribution in [-0.4, -0.2) is 31.8 Å². The van der Waals surface area contributed by atoms with Gasteiger partial charge in [0, 0.05) is 11.6 Å². The van der Waals surface area contributed by atoms with Crippen molar-refractivity contribution in [2.24, 2.45) is 0 Å². The Morgan fingerprint density at radius 3 is 2.89 bits per heavy atom. The van der Waals surface area contributed by atoms with E-state index in [1.54, 1.807) is 17.1 Å². The quantitative estimate of drug-likeness (QED) is 0.673. The van der Waals surface area contributed by atoms with Crippen molar-refractivity contribution in [3.63, 3.8) is 0 Å². The van der Waals surface area contributed by atoms with Crippen LogP contribution in [-0.2, 0) is 11.3 Å². The Balaban J connectivity index is 2.22. The van der Waals surface area contributed by atoms with Crippen LogP contribution in [0.3, 0.4) is 0 Å². The van der Waals surface area contributed by atoms with Crippen LogP contribution in [0.25, 0.3) is 10.9 Å². The first kappa shape index (κ1) is 13.7. The van der Waals surface area contributed by atoms with Crippen molar-refractivity contribution in [2.45, 2.75) is 39.2 Å². The van der Waals surface area contributed by atoms with E-state index >= 15 is 0 Å². The number of hydrogen-bond donors (Lipinski definition) is 1. The molecule has 2 aromatic heterocycles. The Kier molecular flexibility index (Phi) is 3.88. The molecule has 0 bridgehead atoms. The molecule has 5 nitrogen and oxygen atoms in total. The van der Waals surface area contributed by atoms with E-state index in [0.29, 0.717) is 6.54 Å². The van der Waals surface area contributed by atoms with Gasteiger partial charge in [-0.25, -0.2) is 0 Å². The van der Waals surface area contributed by atoms with Crippen molar-refractivity contribution >= 4 is 33.5 Å². The maximum Gasteiger partial charge on any atom is 0.174 e.